The number of hydrogen-bond acceptors (Lipinski definition) is 7. The Morgan fingerprint density at radius 3 is 2.84 bits per heavy atom. The maximum Gasteiger partial charge on any atom is 0.241 e. The molecular formula is C11H17N7O. The van der Waals surface area contributed by atoms with Crippen LogP contribution in [0.3, 0.4) is 0 Å². The summed E-state index contributed by atoms with van der Waals surface area (Å²) in [5, 5.41) is 12.9. The molecule has 0 saturated carbocycles. The van der Waals surface area contributed by atoms with Crippen LogP contribution in [0, 0.1) is 0 Å². The molecule has 0 aromatic carbocycles. The highest BCUT2D eigenvalue weighted by molar-refractivity contribution is 5.35. The molecule has 0 aliphatic heterocycles. The SMILES string of the molecule is CCC(C)(O)CNc1nc(N)nc(-n2ccnc2)n1. The molecule has 1 atom stereocenters. The van der Waals surface area contributed by atoms with Crippen LogP contribution >= 0.6 is 0 Å². The Labute approximate surface area is 110 Å². The Morgan fingerprint density at radius 1 is 1.42 bits per heavy atom. The number of anilines is 2. The second kappa shape index (κ2) is 5.19. The van der Waals surface area contributed by atoms with E-state index in [0.717, 1.165) is 0 Å². The van der Waals surface area contributed by atoms with Gasteiger partial charge in [-0.1, -0.05) is 6.92 Å². The zero-order chi connectivity index (χ0) is 13.9. The lowest BCUT2D eigenvalue weighted by molar-refractivity contribution is 0.0695. The first-order valence-electron chi connectivity index (χ1n) is 5.96. The van der Waals surface area contributed by atoms with Crippen LogP contribution in [0.4, 0.5) is 11.9 Å². The number of aromatic nitrogens is 5. The van der Waals surface area contributed by atoms with Gasteiger partial charge in [-0.2, -0.15) is 15.0 Å². The predicted octanol–water partition coefficient (Wildman–Crippen LogP) is 0.212. The van der Waals surface area contributed by atoms with Crippen LogP contribution < -0.4 is 11.1 Å². The van der Waals surface area contributed by atoms with Crippen molar-refractivity contribution in [2.45, 2.75) is 25.9 Å². The maximum atomic E-state index is 9.93. The first-order valence-corrected chi connectivity index (χ1v) is 5.96. The van der Waals surface area contributed by atoms with E-state index in [4.69, 9.17) is 5.73 Å². The molecular weight excluding hydrogens is 246 g/mol. The molecule has 0 saturated heterocycles. The van der Waals surface area contributed by atoms with Crippen molar-refractivity contribution in [3.63, 3.8) is 0 Å². The average Bonchev–Trinajstić information content (AvgIpc) is 2.90. The number of nitrogens with zero attached hydrogens (tertiary/aromatic N) is 5. The van der Waals surface area contributed by atoms with E-state index in [-0.39, 0.29) is 5.95 Å². The highest BCUT2D eigenvalue weighted by Crippen LogP contribution is 2.11. The van der Waals surface area contributed by atoms with Crippen LogP contribution in [0.2, 0.25) is 0 Å². The van der Waals surface area contributed by atoms with Gasteiger partial charge in [-0.3, -0.25) is 4.57 Å². The molecule has 0 spiro atoms. The normalized spacial score (nSPS) is 14.1. The molecule has 2 aromatic rings. The molecule has 102 valence electrons. The van der Waals surface area contributed by atoms with Crippen molar-refractivity contribution < 1.29 is 5.11 Å². The first-order chi connectivity index (χ1) is 9.00. The van der Waals surface area contributed by atoms with Crippen LogP contribution in [0.1, 0.15) is 20.3 Å². The minimum atomic E-state index is -0.823. The van der Waals surface area contributed by atoms with Gasteiger partial charge >= 0.3 is 0 Å². The van der Waals surface area contributed by atoms with E-state index in [2.05, 4.69) is 25.3 Å². The van der Waals surface area contributed by atoms with Crippen LogP contribution in [0.25, 0.3) is 5.95 Å². The van der Waals surface area contributed by atoms with Crippen LogP contribution in [0.5, 0.6) is 0 Å². The molecule has 0 aliphatic carbocycles. The van der Waals surface area contributed by atoms with E-state index in [0.29, 0.717) is 24.9 Å². The molecule has 0 radical (unpaired) electrons. The Bertz CT molecular complexity index is 538. The molecule has 8 nitrogen and oxygen atoms in total. The Balaban J connectivity index is 2.18. The Morgan fingerprint density at radius 2 is 2.21 bits per heavy atom. The molecule has 0 fully saturated rings. The zero-order valence-electron chi connectivity index (χ0n) is 10.9. The molecule has 8 heteroatoms. The van der Waals surface area contributed by atoms with Gasteiger partial charge in [0.2, 0.25) is 17.8 Å². The van der Waals surface area contributed by atoms with Gasteiger partial charge in [-0.15, -0.1) is 0 Å². The fourth-order valence-corrected chi connectivity index (χ4v) is 1.35. The first kappa shape index (κ1) is 13.2. The molecule has 0 bridgehead atoms. The van der Waals surface area contributed by atoms with Crippen LogP contribution in [0.15, 0.2) is 18.7 Å². The minimum absolute atomic E-state index is 0.109. The van der Waals surface area contributed by atoms with E-state index in [1.165, 1.54) is 0 Å². The quantitative estimate of drug-likeness (QED) is 0.706. The number of nitrogens with two attached hydrogens (primary N) is 1. The molecule has 2 heterocycles. The molecule has 0 aliphatic rings. The fourth-order valence-electron chi connectivity index (χ4n) is 1.35. The van der Waals surface area contributed by atoms with Crippen LogP contribution in [-0.4, -0.2) is 41.8 Å². The van der Waals surface area contributed by atoms with Gasteiger partial charge in [-0.05, 0) is 13.3 Å². The molecule has 1 unspecified atom stereocenters. The second-order valence-corrected chi connectivity index (χ2v) is 4.49. The third-order valence-corrected chi connectivity index (χ3v) is 2.77. The third-order valence-electron chi connectivity index (χ3n) is 2.77. The van der Waals surface area contributed by atoms with Gasteiger partial charge in [0.25, 0.3) is 0 Å². The molecule has 4 N–H and O–H groups in total. The van der Waals surface area contributed by atoms with E-state index in [9.17, 15) is 5.11 Å². The largest absolute Gasteiger partial charge is 0.388 e. The zero-order valence-corrected chi connectivity index (χ0v) is 10.9. The monoisotopic (exact) mass is 263 g/mol. The maximum absolute atomic E-state index is 9.93. The fraction of sp³-hybridized carbons (Fsp3) is 0.455. The smallest absolute Gasteiger partial charge is 0.241 e. The number of hydrogen-bond donors (Lipinski definition) is 3. The highest BCUT2D eigenvalue weighted by atomic mass is 16.3. The van der Waals surface area contributed by atoms with Crippen molar-refractivity contribution in [1.82, 2.24) is 24.5 Å². The van der Waals surface area contributed by atoms with Gasteiger partial charge in [0.05, 0.1) is 5.60 Å². The predicted molar refractivity (Wildman–Crippen MR) is 70.8 cm³/mol. The summed E-state index contributed by atoms with van der Waals surface area (Å²) < 4.78 is 1.63. The molecule has 0 amide bonds. The van der Waals surface area contributed by atoms with E-state index < -0.39 is 5.60 Å². The topological polar surface area (TPSA) is 115 Å². The summed E-state index contributed by atoms with van der Waals surface area (Å²) >= 11 is 0. The molecule has 19 heavy (non-hydrogen) atoms. The summed E-state index contributed by atoms with van der Waals surface area (Å²) in [6, 6.07) is 0. The van der Waals surface area contributed by atoms with Gasteiger partial charge in [0.1, 0.15) is 6.33 Å². The molecule has 2 aromatic heterocycles. The van der Waals surface area contributed by atoms with Crippen molar-refractivity contribution in [2.24, 2.45) is 0 Å². The number of rotatable bonds is 5. The van der Waals surface area contributed by atoms with Crippen LogP contribution in [-0.2, 0) is 0 Å². The van der Waals surface area contributed by atoms with Crippen molar-refractivity contribution in [2.75, 3.05) is 17.6 Å². The lowest BCUT2D eigenvalue weighted by atomic mass is 10.0. The second-order valence-electron chi connectivity index (χ2n) is 4.49. The summed E-state index contributed by atoms with van der Waals surface area (Å²) in [6.07, 6.45) is 5.52. The van der Waals surface area contributed by atoms with Crippen molar-refractivity contribution >= 4 is 11.9 Å². The van der Waals surface area contributed by atoms with E-state index in [1.54, 1.807) is 30.2 Å². The van der Waals surface area contributed by atoms with Gasteiger partial charge in [-0.25, -0.2) is 4.98 Å². The summed E-state index contributed by atoms with van der Waals surface area (Å²) in [5.41, 5.74) is 4.82. The van der Waals surface area contributed by atoms with Gasteiger partial charge < -0.3 is 16.2 Å². The van der Waals surface area contributed by atoms with Gasteiger partial charge in [0, 0.05) is 18.9 Å². The number of nitrogen functional groups attached to an aromatic ring is 1. The highest BCUT2D eigenvalue weighted by Gasteiger charge is 2.18. The Kier molecular flexibility index (Phi) is 3.61. The summed E-state index contributed by atoms with van der Waals surface area (Å²) in [5.74, 6) is 0.811. The van der Waals surface area contributed by atoms with Crippen molar-refractivity contribution in [1.29, 1.82) is 0 Å². The lowest BCUT2D eigenvalue weighted by Crippen LogP contribution is -2.33. The van der Waals surface area contributed by atoms with E-state index in [1.807, 2.05) is 6.92 Å². The average molecular weight is 263 g/mol. The summed E-state index contributed by atoms with van der Waals surface area (Å²) in [6.45, 7) is 3.97. The number of nitrogens with one attached hydrogen (secondary N) is 1. The standard InChI is InChI=1S/C11H17N7O/c1-3-11(2,19)6-14-9-15-8(12)16-10(17-9)18-5-4-13-7-18/h4-5,7,19H,3,6H2,1-2H3,(H3,12,14,15,16,17). The summed E-state index contributed by atoms with van der Waals surface area (Å²) in [7, 11) is 0. The number of aliphatic hydroxyl groups is 1. The third kappa shape index (κ3) is 3.38. The molecule has 2 rings (SSSR count). The van der Waals surface area contributed by atoms with Crippen molar-refractivity contribution in [3.8, 4) is 5.95 Å². The van der Waals surface area contributed by atoms with Gasteiger partial charge in [0.15, 0.2) is 0 Å². The summed E-state index contributed by atoms with van der Waals surface area (Å²) in [4.78, 5) is 16.1. The minimum Gasteiger partial charge on any atom is -0.388 e. The number of imidazole rings is 1. The Hall–Kier alpha value is -2.22. The van der Waals surface area contributed by atoms with Crippen molar-refractivity contribution in [3.05, 3.63) is 18.7 Å². The lowest BCUT2D eigenvalue weighted by Gasteiger charge is -2.21. The van der Waals surface area contributed by atoms with E-state index >= 15 is 0 Å².